The summed E-state index contributed by atoms with van der Waals surface area (Å²) >= 11 is 1.52. The van der Waals surface area contributed by atoms with E-state index in [-0.39, 0.29) is 18.0 Å². The monoisotopic (exact) mass is 371 g/mol. The zero-order valence-corrected chi connectivity index (χ0v) is 15.9. The van der Waals surface area contributed by atoms with Crippen molar-refractivity contribution in [2.24, 2.45) is 0 Å². The lowest BCUT2D eigenvalue weighted by molar-refractivity contribution is -0.131. The van der Waals surface area contributed by atoms with Crippen molar-refractivity contribution in [2.75, 3.05) is 14.2 Å². The Bertz CT molecular complexity index is 993. The molecule has 1 aromatic carbocycles. The summed E-state index contributed by atoms with van der Waals surface area (Å²) in [7, 11) is 3.33. The zero-order valence-electron chi connectivity index (χ0n) is 15.1. The second-order valence-electron chi connectivity index (χ2n) is 6.06. The van der Waals surface area contributed by atoms with Crippen LogP contribution in [0.1, 0.15) is 17.4 Å². The third-order valence-corrected chi connectivity index (χ3v) is 5.39. The topological polar surface area (TPSA) is 64.4 Å². The zero-order chi connectivity index (χ0) is 18.7. The molecule has 1 amide bonds. The highest BCUT2D eigenvalue weighted by Crippen LogP contribution is 2.21. The number of methoxy groups -OCH3 is 1. The molecule has 0 atom stereocenters. The van der Waals surface area contributed by atoms with Gasteiger partial charge in [-0.15, -0.1) is 11.3 Å². The number of nitrogens with zero attached hydrogens (tertiary/aromatic N) is 3. The number of carbonyl (C=O) groups excluding carboxylic acids is 1. The number of carbonyl (C=O) groups is 1. The molecule has 0 bridgehead atoms. The van der Waals surface area contributed by atoms with Gasteiger partial charge in [-0.3, -0.25) is 14.2 Å². The third-order valence-electron chi connectivity index (χ3n) is 4.20. The number of thiophene rings is 1. The molecule has 136 valence electrons. The van der Waals surface area contributed by atoms with Crippen LogP contribution in [0.2, 0.25) is 0 Å². The first-order chi connectivity index (χ1) is 12.5. The number of rotatable bonds is 6. The molecule has 0 spiro atoms. The van der Waals surface area contributed by atoms with Gasteiger partial charge in [0.15, 0.2) is 0 Å². The minimum atomic E-state index is -0.172. The molecule has 26 heavy (non-hydrogen) atoms. The van der Waals surface area contributed by atoms with Crippen LogP contribution in [0, 0.1) is 0 Å². The van der Waals surface area contributed by atoms with E-state index in [2.05, 4.69) is 4.98 Å². The Hall–Kier alpha value is -2.67. The molecule has 0 aliphatic rings. The van der Waals surface area contributed by atoms with Crippen molar-refractivity contribution in [1.82, 2.24) is 14.5 Å². The van der Waals surface area contributed by atoms with E-state index in [0.717, 1.165) is 27.4 Å². The Morgan fingerprint density at radius 2 is 2.15 bits per heavy atom. The predicted octanol–water partition coefficient (Wildman–Crippen LogP) is 2.69. The van der Waals surface area contributed by atoms with Crippen LogP contribution in [0.15, 0.2) is 41.5 Å². The molecule has 0 saturated carbocycles. The molecule has 7 heteroatoms. The van der Waals surface area contributed by atoms with Crippen LogP contribution in [0.25, 0.3) is 10.2 Å². The molecule has 2 heterocycles. The van der Waals surface area contributed by atoms with Crippen LogP contribution in [0.5, 0.6) is 5.75 Å². The number of aromatic nitrogens is 2. The first-order valence-corrected chi connectivity index (χ1v) is 9.18. The number of benzene rings is 1. The number of ether oxygens (including phenoxy) is 1. The maximum absolute atomic E-state index is 12.6. The third kappa shape index (κ3) is 3.77. The standard InChI is InChI=1S/C19H21N3O3S/c1-4-15-9-16-18(26-15)20-12-22(19(16)24)11-17(23)21(2)10-13-6-5-7-14(8-13)25-3/h5-9,12H,4,10-11H2,1-3H3. The fourth-order valence-electron chi connectivity index (χ4n) is 2.70. The predicted molar refractivity (Wildman–Crippen MR) is 103 cm³/mol. The van der Waals surface area contributed by atoms with Crippen molar-refractivity contribution in [1.29, 1.82) is 0 Å². The van der Waals surface area contributed by atoms with Crippen LogP contribution in [0.4, 0.5) is 0 Å². The SMILES string of the molecule is CCc1cc2c(=O)n(CC(=O)N(C)Cc3cccc(OC)c3)cnc2s1. The highest BCUT2D eigenvalue weighted by molar-refractivity contribution is 7.18. The van der Waals surface area contributed by atoms with Gasteiger partial charge in [-0.2, -0.15) is 0 Å². The fourth-order valence-corrected chi connectivity index (χ4v) is 3.62. The van der Waals surface area contributed by atoms with Crippen LogP contribution < -0.4 is 10.3 Å². The average Bonchev–Trinajstić information content (AvgIpc) is 3.08. The molecule has 0 saturated heterocycles. The number of aryl methyl sites for hydroxylation is 1. The molecule has 3 rings (SSSR count). The maximum atomic E-state index is 12.6. The maximum Gasteiger partial charge on any atom is 0.262 e. The number of fused-ring (bicyclic) bond motifs is 1. The van der Waals surface area contributed by atoms with Crippen molar-refractivity contribution in [3.05, 3.63) is 57.5 Å². The van der Waals surface area contributed by atoms with Gasteiger partial charge < -0.3 is 9.64 Å². The van der Waals surface area contributed by atoms with E-state index in [4.69, 9.17) is 4.74 Å². The van der Waals surface area contributed by atoms with E-state index >= 15 is 0 Å². The summed E-state index contributed by atoms with van der Waals surface area (Å²) in [6, 6.07) is 9.44. The van der Waals surface area contributed by atoms with Crippen molar-refractivity contribution in [3.8, 4) is 5.75 Å². The van der Waals surface area contributed by atoms with Gasteiger partial charge in [-0.05, 0) is 30.2 Å². The smallest absolute Gasteiger partial charge is 0.262 e. The first kappa shape index (κ1) is 18.1. The summed E-state index contributed by atoms with van der Waals surface area (Å²) < 4.78 is 6.58. The van der Waals surface area contributed by atoms with E-state index in [1.54, 1.807) is 19.1 Å². The van der Waals surface area contributed by atoms with E-state index in [0.29, 0.717) is 11.9 Å². The van der Waals surface area contributed by atoms with Gasteiger partial charge in [0.25, 0.3) is 5.56 Å². The molecule has 0 N–H and O–H groups in total. The number of amides is 1. The van der Waals surface area contributed by atoms with Gasteiger partial charge in [0.2, 0.25) is 5.91 Å². The molecule has 0 aliphatic heterocycles. The summed E-state index contributed by atoms with van der Waals surface area (Å²) in [6.07, 6.45) is 2.32. The van der Waals surface area contributed by atoms with Crippen LogP contribution in [0.3, 0.4) is 0 Å². The summed E-state index contributed by atoms with van der Waals surface area (Å²) in [4.78, 5) is 32.9. The second-order valence-corrected chi connectivity index (χ2v) is 7.18. The minimum absolute atomic E-state index is 0.0282. The molecule has 0 aliphatic carbocycles. The molecule has 0 radical (unpaired) electrons. The Labute approximate surface area is 155 Å². The van der Waals surface area contributed by atoms with Gasteiger partial charge in [0.05, 0.1) is 18.8 Å². The number of hydrogen-bond donors (Lipinski definition) is 0. The van der Waals surface area contributed by atoms with Gasteiger partial charge in [-0.25, -0.2) is 4.98 Å². The lowest BCUT2D eigenvalue weighted by Crippen LogP contribution is -2.33. The number of hydrogen-bond acceptors (Lipinski definition) is 5. The van der Waals surface area contributed by atoms with E-state index < -0.39 is 0 Å². The summed E-state index contributed by atoms with van der Waals surface area (Å²) in [5.74, 6) is 0.598. The Kier molecular flexibility index (Phi) is 5.37. The van der Waals surface area contributed by atoms with Crippen molar-refractivity contribution in [2.45, 2.75) is 26.4 Å². The molecular weight excluding hydrogens is 350 g/mol. The van der Waals surface area contributed by atoms with Crippen LogP contribution >= 0.6 is 11.3 Å². The fraction of sp³-hybridized carbons (Fsp3) is 0.316. The van der Waals surface area contributed by atoms with E-state index in [1.165, 1.54) is 22.2 Å². The van der Waals surface area contributed by atoms with Crippen LogP contribution in [-0.2, 0) is 24.3 Å². The highest BCUT2D eigenvalue weighted by atomic mass is 32.1. The molecule has 6 nitrogen and oxygen atoms in total. The van der Waals surface area contributed by atoms with E-state index in [1.807, 2.05) is 37.3 Å². The molecule has 3 aromatic rings. The summed E-state index contributed by atoms with van der Waals surface area (Å²) in [5.41, 5.74) is 0.792. The van der Waals surface area contributed by atoms with Crippen molar-refractivity contribution in [3.63, 3.8) is 0 Å². The van der Waals surface area contributed by atoms with Gasteiger partial charge in [0, 0.05) is 18.5 Å². The summed E-state index contributed by atoms with van der Waals surface area (Å²) in [6.45, 7) is 2.46. The Morgan fingerprint density at radius 3 is 2.88 bits per heavy atom. The Balaban J connectivity index is 1.75. The largest absolute Gasteiger partial charge is 0.497 e. The van der Waals surface area contributed by atoms with Crippen molar-refractivity contribution >= 4 is 27.5 Å². The normalized spacial score (nSPS) is 10.9. The molecule has 2 aromatic heterocycles. The Morgan fingerprint density at radius 1 is 1.35 bits per heavy atom. The van der Waals surface area contributed by atoms with E-state index in [9.17, 15) is 9.59 Å². The summed E-state index contributed by atoms with van der Waals surface area (Å²) in [5, 5.41) is 0.581. The molecular formula is C19H21N3O3S. The molecule has 0 unspecified atom stereocenters. The lowest BCUT2D eigenvalue weighted by Gasteiger charge is -2.18. The van der Waals surface area contributed by atoms with Gasteiger partial charge in [-0.1, -0.05) is 19.1 Å². The quantitative estimate of drug-likeness (QED) is 0.668. The molecule has 0 fully saturated rings. The van der Waals surface area contributed by atoms with Crippen molar-refractivity contribution < 1.29 is 9.53 Å². The minimum Gasteiger partial charge on any atom is -0.497 e. The average molecular weight is 371 g/mol. The van der Waals surface area contributed by atoms with Gasteiger partial charge >= 0.3 is 0 Å². The van der Waals surface area contributed by atoms with Gasteiger partial charge in [0.1, 0.15) is 17.1 Å². The number of likely N-dealkylation sites (N-methyl/N-ethyl adjacent to an activating group) is 1. The van der Waals surface area contributed by atoms with Crippen LogP contribution in [-0.4, -0.2) is 34.5 Å². The second kappa shape index (κ2) is 7.70. The highest BCUT2D eigenvalue weighted by Gasteiger charge is 2.14. The lowest BCUT2D eigenvalue weighted by atomic mass is 10.2. The first-order valence-electron chi connectivity index (χ1n) is 8.36.